The van der Waals surface area contributed by atoms with Crippen LogP contribution in [0.4, 0.5) is 0 Å². The molecule has 3 N–H and O–H groups in total. The Kier molecular flexibility index (Phi) is 5.88. The van der Waals surface area contributed by atoms with Gasteiger partial charge in [0.25, 0.3) is 0 Å². The Labute approximate surface area is 62.4 Å². The van der Waals surface area contributed by atoms with Gasteiger partial charge in [-0.1, -0.05) is 19.9 Å². The molecule has 0 atom stereocenters. The fraction of sp³-hybridized carbons (Fsp3) is 0.500. The van der Waals surface area contributed by atoms with E-state index in [0.717, 1.165) is 19.4 Å². The molecular formula is C8H16NO+. The topological polar surface area (TPSA) is 36.9 Å². The molecule has 0 amide bonds. The third kappa shape index (κ3) is 5.38. The van der Waals surface area contributed by atoms with Gasteiger partial charge in [-0.3, -0.25) is 0 Å². The highest BCUT2D eigenvalue weighted by atomic mass is 16.5. The first-order valence-electron chi connectivity index (χ1n) is 3.58. The molecule has 0 spiro atoms. The number of quaternary nitrogens is 1. The van der Waals surface area contributed by atoms with Crippen LogP contribution in [0.15, 0.2) is 24.6 Å². The summed E-state index contributed by atoms with van der Waals surface area (Å²) in [6, 6.07) is 0. The van der Waals surface area contributed by atoms with E-state index < -0.39 is 0 Å². The van der Waals surface area contributed by atoms with Crippen LogP contribution in [0.25, 0.3) is 0 Å². The zero-order valence-electron chi connectivity index (χ0n) is 6.60. The van der Waals surface area contributed by atoms with Crippen molar-refractivity contribution >= 4 is 0 Å². The van der Waals surface area contributed by atoms with E-state index in [9.17, 15) is 0 Å². The predicted octanol–water partition coefficient (Wildman–Crippen LogP) is 1.07. The third-order valence-corrected chi connectivity index (χ3v) is 1.09. The van der Waals surface area contributed by atoms with Gasteiger partial charge in [0.05, 0.1) is 12.8 Å². The number of rotatable bonds is 5. The SMILES string of the molecule is C=C(C=C[NH3+])OCCCC. The normalized spacial score (nSPS) is 10.2. The predicted molar refractivity (Wildman–Crippen MR) is 42.0 cm³/mol. The smallest absolute Gasteiger partial charge is 0.117 e. The largest absolute Gasteiger partial charge is 0.494 e. The second kappa shape index (κ2) is 6.36. The summed E-state index contributed by atoms with van der Waals surface area (Å²) in [5.74, 6) is 0.698. The number of unbranched alkanes of at least 4 members (excludes halogenated alkanes) is 1. The monoisotopic (exact) mass is 142 g/mol. The van der Waals surface area contributed by atoms with Gasteiger partial charge in [-0.15, -0.1) is 0 Å². The number of hydrogen-bond acceptors (Lipinski definition) is 1. The highest BCUT2D eigenvalue weighted by molar-refractivity contribution is 5.03. The Morgan fingerprint density at radius 2 is 2.40 bits per heavy atom. The molecule has 0 aromatic carbocycles. The van der Waals surface area contributed by atoms with Crippen molar-refractivity contribution in [2.45, 2.75) is 19.8 Å². The minimum Gasteiger partial charge on any atom is -0.494 e. The van der Waals surface area contributed by atoms with Crippen LogP contribution in [0.2, 0.25) is 0 Å². The molecule has 0 fully saturated rings. The van der Waals surface area contributed by atoms with Gasteiger partial charge in [-0.05, 0) is 6.42 Å². The number of ether oxygens (including phenoxy) is 1. The first-order chi connectivity index (χ1) is 4.81. The lowest BCUT2D eigenvalue weighted by Gasteiger charge is -2.01. The summed E-state index contributed by atoms with van der Waals surface area (Å²) in [5.41, 5.74) is 3.53. The van der Waals surface area contributed by atoms with E-state index in [2.05, 4.69) is 19.2 Å². The first kappa shape index (κ1) is 9.24. The second-order valence-corrected chi connectivity index (χ2v) is 2.07. The van der Waals surface area contributed by atoms with E-state index in [1.54, 1.807) is 12.3 Å². The van der Waals surface area contributed by atoms with E-state index in [1.165, 1.54) is 0 Å². The Bertz CT molecular complexity index is 118. The van der Waals surface area contributed by atoms with Crippen molar-refractivity contribution < 1.29 is 10.5 Å². The standard InChI is InChI=1S/C8H15NO/c1-3-4-7-10-8(2)5-6-9/h5-6H,2-4,7,9H2,1H3/p+1. The molecule has 0 aromatic rings. The summed E-state index contributed by atoms with van der Waals surface area (Å²) in [4.78, 5) is 0. The molecule has 0 aliphatic rings. The number of allylic oxidation sites excluding steroid dienone is 1. The Morgan fingerprint density at radius 3 is 2.90 bits per heavy atom. The molecule has 0 radical (unpaired) electrons. The molecular weight excluding hydrogens is 126 g/mol. The summed E-state index contributed by atoms with van der Waals surface area (Å²) in [7, 11) is 0. The highest BCUT2D eigenvalue weighted by Crippen LogP contribution is 1.96. The molecule has 0 unspecified atom stereocenters. The van der Waals surface area contributed by atoms with Gasteiger partial charge >= 0.3 is 0 Å². The number of hydrogen-bond donors (Lipinski definition) is 1. The van der Waals surface area contributed by atoms with E-state index in [1.807, 2.05) is 0 Å². The van der Waals surface area contributed by atoms with Gasteiger partial charge in [-0.25, -0.2) is 0 Å². The van der Waals surface area contributed by atoms with Gasteiger partial charge in [0.1, 0.15) is 5.76 Å². The van der Waals surface area contributed by atoms with Crippen molar-refractivity contribution in [3.63, 3.8) is 0 Å². The van der Waals surface area contributed by atoms with Crippen LogP contribution in [0.5, 0.6) is 0 Å². The lowest BCUT2D eigenvalue weighted by molar-refractivity contribution is -0.275. The molecule has 0 aliphatic carbocycles. The van der Waals surface area contributed by atoms with Gasteiger partial charge in [0, 0.05) is 6.08 Å². The first-order valence-corrected chi connectivity index (χ1v) is 3.58. The second-order valence-electron chi connectivity index (χ2n) is 2.07. The summed E-state index contributed by atoms with van der Waals surface area (Å²) >= 11 is 0. The zero-order valence-corrected chi connectivity index (χ0v) is 6.60. The van der Waals surface area contributed by atoms with Crippen LogP contribution in [0.3, 0.4) is 0 Å². The molecule has 0 saturated heterocycles. The van der Waals surface area contributed by atoms with E-state index in [4.69, 9.17) is 4.74 Å². The summed E-state index contributed by atoms with van der Waals surface area (Å²) in [6.45, 7) is 6.56. The average molecular weight is 142 g/mol. The molecule has 0 saturated carbocycles. The third-order valence-electron chi connectivity index (χ3n) is 1.09. The maximum absolute atomic E-state index is 5.20. The molecule has 0 bridgehead atoms. The van der Waals surface area contributed by atoms with E-state index >= 15 is 0 Å². The minimum atomic E-state index is 0.698. The molecule has 0 rings (SSSR count). The summed E-state index contributed by atoms with van der Waals surface area (Å²) < 4.78 is 5.20. The Balaban J connectivity index is 3.22. The van der Waals surface area contributed by atoms with Crippen LogP contribution in [-0.4, -0.2) is 6.61 Å². The summed E-state index contributed by atoms with van der Waals surface area (Å²) in [6.07, 6.45) is 5.68. The Morgan fingerprint density at radius 1 is 1.70 bits per heavy atom. The maximum Gasteiger partial charge on any atom is 0.117 e. The van der Waals surface area contributed by atoms with Crippen LogP contribution >= 0.6 is 0 Å². The van der Waals surface area contributed by atoms with E-state index in [-0.39, 0.29) is 0 Å². The van der Waals surface area contributed by atoms with Crippen molar-refractivity contribution in [1.82, 2.24) is 0 Å². The molecule has 58 valence electrons. The zero-order chi connectivity index (χ0) is 7.82. The lowest BCUT2D eigenvalue weighted by Crippen LogP contribution is -2.39. The molecule has 2 heteroatoms. The summed E-state index contributed by atoms with van der Waals surface area (Å²) in [5, 5.41) is 0. The van der Waals surface area contributed by atoms with Crippen LogP contribution < -0.4 is 5.73 Å². The van der Waals surface area contributed by atoms with Gasteiger partial charge in [0.15, 0.2) is 0 Å². The van der Waals surface area contributed by atoms with Crippen molar-refractivity contribution in [2.75, 3.05) is 6.61 Å². The molecule has 0 heterocycles. The van der Waals surface area contributed by atoms with Crippen molar-refractivity contribution in [1.29, 1.82) is 0 Å². The van der Waals surface area contributed by atoms with Crippen molar-refractivity contribution in [3.8, 4) is 0 Å². The maximum atomic E-state index is 5.20. The minimum absolute atomic E-state index is 0.698. The van der Waals surface area contributed by atoms with Crippen LogP contribution in [0.1, 0.15) is 19.8 Å². The Hall–Kier alpha value is -0.760. The average Bonchev–Trinajstić information content (AvgIpc) is 1.89. The lowest BCUT2D eigenvalue weighted by atomic mass is 10.4. The molecule has 0 aromatic heterocycles. The van der Waals surface area contributed by atoms with Crippen LogP contribution in [-0.2, 0) is 4.74 Å². The fourth-order valence-electron chi connectivity index (χ4n) is 0.527. The quantitative estimate of drug-likeness (QED) is 0.348. The van der Waals surface area contributed by atoms with E-state index in [0.29, 0.717) is 5.76 Å². The molecule has 2 nitrogen and oxygen atoms in total. The molecule has 10 heavy (non-hydrogen) atoms. The fourth-order valence-corrected chi connectivity index (χ4v) is 0.527. The van der Waals surface area contributed by atoms with Gasteiger partial charge < -0.3 is 10.5 Å². The van der Waals surface area contributed by atoms with Crippen molar-refractivity contribution in [3.05, 3.63) is 24.6 Å². The molecule has 0 aliphatic heterocycles. The van der Waals surface area contributed by atoms with Gasteiger partial charge in [-0.2, -0.15) is 0 Å². The van der Waals surface area contributed by atoms with Gasteiger partial charge in [0.2, 0.25) is 0 Å². The van der Waals surface area contributed by atoms with Crippen LogP contribution in [0, 0.1) is 0 Å². The van der Waals surface area contributed by atoms with Crippen molar-refractivity contribution in [2.24, 2.45) is 0 Å². The highest BCUT2D eigenvalue weighted by Gasteiger charge is 1.87.